The van der Waals surface area contributed by atoms with E-state index in [1.54, 1.807) is 6.07 Å². The Labute approximate surface area is 231 Å². The molecule has 2 heterocycles. The Balaban J connectivity index is 0.948. The smallest absolute Gasteiger partial charge is 0.147 e. The molecule has 2 atom stereocenters. The number of benzene rings is 2. The minimum atomic E-state index is -0.0966. The largest absolute Gasteiger partial charge is 0.371 e. The first-order chi connectivity index (χ1) is 19.2. The highest BCUT2D eigenvalue weighted by atomic mass is 19.1. The van der Waals surface area contributed by atoms with Gasteiger partial charge in [0.25, 0.3) is 0 Å². The van der Waals surface area contributed by atoms with E-state index >= 15 is 4.39 Å². The van der Waals surface area contributed by atoms with Crippen molar-refractivity contribution in [2.24, 2.45) is 0 Å². The molecular weight excluding hydrogens is 499 g/mol. The Morgan fingerprint density at radius 3 is 1.67 bits per heavy atom. The summed E-state index contributed by atoms with van der Waals surface area (Å²) in [6.07, 6.45) is 9.14. The lowest BCUT2D eigenvalue weighted by atomic mass is 9.81. The summed E-state index contributed by atoms with van der Waals surface area (Å²) in [4.78, 5) is 0. The zero-order chi connectivity index (χ0) is 26.4. The van der Waals surface area contributed by atoms with E-state index in [2.05, 4.69) is 30.3 Å². The molecule has 2 aromatic carbocycles. The molecular formula is C32H41FO6. The third-order valence-electron chi connectivity index (χ3n) is 8.69. The molecule has 7 heteroatoms. The van der Waals surface area contributed by atoms with Gasteiger partial charge >= 0.3 is 0 Å². The second-order valence-electron chi connectivity index (χ2n) is 11.5. The van der Waals surface area contributed by atoms with Gasteiger partial charge in [0.15, 0.2) is 0 Å². The van der Waals surface area contributed by atoms with Crippen LogP contribution in [0.3, 0.4) is 0 Å². The molecule has 2 saturated heterocycles. The van der Waals surface area contributed by atoms with Crippen molar-refractivity contribution < 1.29 is 32.8 Å². The van der Waals surface area contributed by atoms with Crippen LogP contribution in [-0.2, 0) is 28.4 Å². The molecule has 2 saturated carbocycles. The van der Waals surface area contributed by atoms with E-state index < -0.39 is 0 Å². The Kier molecular flexibility index (Phi) is 9.24. The van der Waals surface area contributed by atoms with Gasteiger partial charge in [-0.2, -0.15) is 0 Å². The van der Waals surface area contributed by atoms with Crippen LogP contribution in [0, 0.1) is 5.82 Å². The van der Waals surface area contributed by atoms with Crippen LogP contribution in [0.1, 0.15) is 74.3 Å². The van der Waals surface area contributed by atoms with Crippen molar-refractivity contribution >= 4 is 0 Å². The number of halogens is 1. The van der Waals surface area contributed by atoms with Crippen LogP contribution in [0.25, 0.3) is 11.1 Å². The second kappa shape index (κ2) is 13.2. The summed E-state index contributed by atoms with van der Waals surface area (Å²) in [5, 5.41) is 0. The minimum Gasteiger partial charge on any atom is -0.371 e. The predicted octanol–water partition coefficient (Wildman–Crippen LogP) is 6.32. The van der Waals surface area contributed by atoms with Gasteiger partial charge in [0.05, 0.1) is 38.6 Å². The molecule has 2 aliphatic heterocycles. The molecule has 2 aromatic rings. The Hall–Kier alpha value is -1.87. The summed E-state index contributed by atoms with van der Waals surface area (Å²) >= 11 is 0. The molecule has 39 heavy (non-hydrogen) atoms. The average Bonchev–Trinajstić information content (AvgIpc) is 3.91. The zero-order valence-electron chi connectivity index (χ0n) is 22.7. The minimum absolute atomic E-state index is 0.0966. The van der Waals surface area contributed by atoms with E-state index in [1.165, 1.54) is 5.56 Å². The fraction of sp³-hybridized carbons (Fsp3) is 0.625. The first-order valence-corrected chi connectivity index (χ1v) is 14.7. The third-order valence-corrected chi connectivity index (χ3v) is 8.69. The predicted molar refractivity (Wildman–Crippen MR) is 145 cm³/mol. The summed E-state index contributed by atoms with van der Waals surface area (Å²) in [5.74, 6) is 0.706. The first kappa shape index (κ1) is 27.3. The first-order valence-electron chi connectivity index (χ1n) is 14.7. The van der Waals surface area contributed by atoms with Gasteiger partial charge in [-0.25, -0.2) is 4.39 Å². The van der Waals surface area contributed by atoms with Gasteiger partial charge in [-0.15, -0.1) is 0 Å². The van der Waals surface area contributed by atoms with Crippen LogP contribution in [0.2, 0.25) is 0 Å². The molecule has 6 nitrogen and oxygen atoms in total. The summed E-state index contributed by atoms with van der Waals surface area (Å²) in [5.41, 5.74) is 4.19. The fourth-order valence-electron chi connectivity index (χ4n) is 6.07. The summed E-state index contributed by atoms with van der Waals surface area (Å²) in [7, 11) is 0. The normalized spacial score (nSPS) is 30.3. The van der Waals surface area contributed by atoms with Crippen molar-refractivity contribution in [3.63, 3.8) is 0 Å². The number of hydrogen-bond acceptors (Lipinski definition) is 6. The van der Waals surface area contributed by atoms with Crippen LogP contribution in [0.4, 0.5) is 4.39 Å². The number of rotatable bonds is 13. The molecule has 212 valence electrons. The summed E-state index contributed by atoms with van der Waals surface area (Å²) < 4.78 is 48.3. The highest BCUT2D eigenvalue weighted by Gasteiger charge is 2.27. The van der Waals surface area contributed by atoms with Crippen LogP contribution < -0.4 is 0 Å². The highest BCUT2D eigenvalue weighted by Crippen LogP contribution is 2.38. The molecule has 0 spiro atoms. The lowest BCUT2D eigenvalue weighted by molar-refractivity contribution is -0.102. The third kappa shape index (κ3) is 7.87. The van der Waals surface area contributed by atoms with Gasteiger partial charge in [0.1, 0.15) is 31.6 Å². The SMILES string of the molecule is Fc1cc(-c2ccc(C3CCC(OCOCC4CO4)CC3)cc2)ccc1C1CCC(OCOCC2CO2)CC1. The topological polar surface area (TPSA) is 62.0 Å². The standard InChI is InChI=1S/C32H41FO6/c33-32-15-26(9-14-31(32)25-7-12-28(13-8-25)39-21-35-17-30-19-37-30)24-3-1-22(2-4-24)23-5-10-27(11-6-23)38-20-34-16-29-18-36-29/h1-4,9,14-15,23,25,27-30H,5-8,10-13,16-21H2. The number of epoxide rings is 2. The van der Waals surface area contributed by atoms with E-state index in [1.807, 2.05) is 6.07 Å². The number of hydrogen-bond donors (Lipinski definition) is 0. The van der Waals surface area contributed by atoms with Gasteiger partial charge in [0.2, 0.25) is 0 Å². The van der Waals surface area contributed by atoms with Crippen molar-refractivity contribution in [3.05, 3.63) is 59.4 Å². The quantitative estimate of drug-likeness (QED) is 0.168. The van der Waals surface area contributed by atoms with Gasteiger partial charge < -0.3 is 28.4 Å². The molecule has 6 rings (SSSR count). The molecule has 0 amide bonds. The Bertz CT molecular complexity index is 1040. The monoisotopic (exact) mass is 540 g/mol. The Morgan fingerprint density at radius 1 is 0.641 bits per heavy atom. The van der Waals surface area contributed by atoms with Crippen LogP contribution in [0.15, 0.2) is 42.5 Å². The molecule has 2 aliphatic carbocycles. The van der Waals surface area contributed by atoms with Crippen LogP contribution in [0.5, 0.6) is 0 Å². The van der Waals surface area contributed by atoms with Crippen molar-refractivity contribution in [2.45, 2.75) is 87.6 Å². The van der Waals surface area contributed by atoms with E-state index in [4.69, 9.17) is 28.4 Å². The van der Waals surface area contributed by atoms with Gasteiger partial charge in [-0.05, 0) is 91.5 Å². The Morgan fingerprint density at radius 2 is 1.15 bits per heavy atom. The van der Waals surface area contributed by atoms with Crippen molar-refractivity contribution in [1.82, 2.24) is 0 Å². The van der Waals surface area contributed by atoms with E-state index in [9.17, 15) is 0 Å². The van der Waals surface area contributed by atoms with Gasteiger partial charge in [-0.1, -0.05) is 36.4 Å². The molecule has 0 radical (unpaired) electrons. The van der Waals surface area contributed by atoms with E-state index in [-0.39, 0.29) is 36.2 Å². The van der Waals surface area contributed by atoms with Crippen molar-refractivity contribution in [2.75, 3.05) is 40.0 Å². The van der Waals surface area contributed by atoms with E-state index in [0.717, 1.165) is 81.3 Å². The maximum atomic E-state index is 15.2. The molecule has 2 unspecified atom stereocenters. The van der Waals surface area contributed by atoms with Crippen molar-refractivity contribution in [1.29, 1.82) is 0 Å². The van der Waals surface area contributed by atoms with Crippen LogP contribution in [-0.4, -0.2) is 64.4 Å². The van der Waals surface area contributed by atoms with Crippen molar-refractivity contribution in [3.8, 4) is 11.1 Å². The second-order valence-corrected chi connectivity index (χ2v) is 11.5. The maximum Gasteiger partial charge on any atom is 0.147 e. The zero-order valence-corrected chi connectivity index (χ0v) is 22.7. The molecule has 0 N–H and O–H groups in total. The maximum absolute atomic E-state index is 15.2. The lowest BCUT2D eigenvalue weighted by Crippen LogP contribution is -2.23. The summed E-state index contributed by atoms with van der Waals surface area (Å²) in [6.45, 7) is 3.54. The van der Waals surface area contributed by atoms with E-state index in [0.29, 0.717) is 32.7 Å². The van der Waals surface area contributed by atoms with Crippen LogP contribution >= 0.6 is 0 Å². The number of ether oxygens (including phenoxy) is 6. The highest BCUT2D eigenvalue weighted by molar-refractivity contribution is 5.64. The molecule has 4 aliphatic rings. The molecule has 4 fully saturated rings. The molecule has 0 aromatic heterocycles. The average molecular weight is 541 g/mol. The lowest BCUT2D eigenvalue weighted by Gasteiger charge is -2.29. The fourth-order valence-corrected chi connectivity index (χ4v) is 6.07. The summed E-state index contributed by atoms with van der Waals surface area (Å²) in [6, 6.07) is 14.5. The van der Waals surface area contributed by atoms with Gasteiger partial charge in [0, 0.05) is 0 Å². The molecule has 0 bridgehead atoms. The van der Waals surface area contributed by atoms with Gasteiger partial charge in [-0.3, -0.25) is 0 Å².